The van der Waals surface area contributed by atoms with Crippen LogP contribution in [0.3, 0.4) is 0 Å². The third kappa shape index (κ3) is 7.98. The zero-order valence-electron chi connectivity index (χ0n) is 18.9. The number of carbonyl (C=O) groups is 1. The van der Waals surface area contributed by atoms with E-state index in [0.717, 1.165) is 0 Å². The number of halogens is 7. The monoisotopic (exact) mass is 523 g/mol. The first-order chi connectivity index (χ1) is 16.2. The molecule has 0 saturated carbocycles. The Balaban J connectivity index is 2.30. The summed E-state index contributed by atoms with van der Waals surface area (Å²) in [6.07, 6.45) is -9.46. The third-order valence-electron chi connectivity index (χ3n) is 4.74. The molecule has 0 atom stereocenters. The number of ether oxygens (including phenoxy) is 1. The Labute approximate surface area is 203 Å². The quantitative estimate of drug-likeness (QED) is 0.252. The van der Waals surface area contributed by atoms with E-state index in [1.807, 2.05) is 0 Å². The van der Waals surface area contributed by atoms with Gasteiger partial charge in [-0.3, -0.25) is 4.79 Å². The summed E-state index contributed by atoms with van der Waals surface area (Å²) in [6.45, 7) is 1.46. The molecule has 2 rings (SSSR count). The van der Waals surface area contributed by atoms with Crippen LogP contribution in [-0.2, 0) is 35.0 Å². The molecule has 0 radical (unpaired) electrons. The van der Waals surface area contributed by atoms with Crippen molar-refractivity contribution in [3.05, 3.63) is 81.3 Å². The van der Waals surface area contributed by atoms with E-state index in [1.165, 1.54) is 11.9 Å². The molecule has 0 aromatic heterocycles. The summed E-state index contributed by atoms with van der Waals surface area (Å²) in [5, 5.41) is 2.99. The predicted molar refractivity (Wildman–Crippen MR) is 119 cm³/mol. The minimum atomic E-state index is -4.98. The first-order valence-corrected chi connectivity index (χ1v) is 10.8. The standard InChI is InChI=1S/C23H24ClF6N3O2/c1-3-8-35-20(19(31)21(34)33(2)13-15-6-4-5-7-18(15)24)32-12-14-9-16(22(25,26)27)11-17(10-14)23(28,29)30/h4-7,9-11,32H,3,8,12-13,31H2,1-2H3/b20-19+. The van der Waals surface area contributed by atoms with Crippen LogP contribution in [-0.4, -0.2) is 24.5 Å². The summed E-state index contributed by atoms with van der Waals surface area (Å²) in [5.74, 6) is -0.933. The number of nitrogens with zero attached hydrogens (tertiary/aromatic N) is 1. The fraction of sp³-hybridized carbons (Fsp3) is 0.348. The SMILES string of the molecule is CCCO/C(NCc1cc(C(F)(F)F)cc(C(F)(F)F)c1)=C(/N)C(=O)N(C)Cc1ccccc1Cl. The molecular weight excluding hydrogens is 500 g/mol. The van der Waals surface area contributed by atoms with Gasteiger partial charge in [0, 0.05) is 25.2 Å². The molecule has 0 aliphatic heterocycles. The van der Waals surface area contributed by atoms with Gasteiger partial charge in [0.1, 0.15) is 0 Å². The van der Waals surface area contributed by atoms with Gasteiger partial charge >= 0.3 is 12.4 Å². The Morgan fingerprint density at radius 3 is 2.14 bits per heavy atom. The number of carbonyl (C=O) groups excluding carboxylic acids is 1. The molecule has 2 aromatic rings. The normalized spacial score (nSPS) is 12.7. The molecule has 0 fully saturated rings. The van der Waals surface area contributed by atoms with Crippen molar-refractivity contribution in [2.45, 2.75) is 38.8 Å². The molecule has 0 saturated heterocycles. The molecular formula is C23H24ClF6N3O2. The highest BCUT2D eigenvalue weighted by Crippen LogP contribution is 2.36. The van der Waals surface area contributed by atoms with Gasteiger partial charge in [-0.15, -0.1) is 0 Å². The molecule has 12 heteroatoms. The molecule has 35 heavy (non-hydrogen) atoms. The average Bonchev–Trinajstić information content (AvgIpc) is 2.78. The molecule has 0 spiro atoms. The first kappa shape index (κ1) is 28.2. The van der Waals surface area contributed by atoms with Crippen LogP contribution in [0.5, 0.6) is 0 Å². The lowest BCUT2D eigenvalue weighted by Crippen LogP contribution is -2.34. The molecule has 0 aliphatic carbocycles. The summed E-state index contributed by atoms with van der Waals surface area (Å²) >= 11 is 6.11. The molecule has 3 N–H and O–H groups in total. The van der Waals surface area contributed by atoms with Crippen molar-refractivity contribution in [3.63, 3.8) is 0 Å². The predicted octanol–water partition coefficient (Wildman–Crippen LogP) is 5.68. The van der Waals surface area contributed by atoms with Crippen LogP contribution >= 0.6 is 11.6 Å². The molecule has 1 amide bonds. The van der Waals surface area contributed by atoms with Crippen LogP contribution in [0.4, 0.5) is 26.3 Å². The highest BCUT2D eigenvalue weighted by molar-refractivity contribution is 6.31. The minimum absolute atomic E-state index is 0.0371. The Morgan fingerprint density at radius 2 is 1.63 bits per heavy atom. The minimum Gasteiger partial charge on any atom is -0.478 e. The van der Waals surface area contributed by atoms with E-state index in [0.29, 0.717) is 29.1 Å². The van der Waals surface area contributed by atoms with Crippen LogP contribution in [0.25, 0.3) is 0 Å². The van der Waals surface area contributed by atoms with Gasteiger partial charge in [0.05, 0.1) is 17.7 Å². The number of benzene rings is 2. The topological polar surface area (TPSA) is 67.6 Å². The van der Waals surface area contributed by atoms with E-state index < -0.39 is 41.6 Å². The number of amides is 1. The van der Waals surface area contributed by atoms with Crippen molar-refractivity contribution in [1.82, 2.24) is 10.2 Å². The average molecular weight is 524 g/mol. The van der Waals surface area contributed by atoms with Crippen molar-refractivity contribution in [2.24, 2.45) is 5.73 Å². The maximum absolute atomic E-state index is 13.1. The van der Waals surface area contributed by atoms with Gasteiger partial charge in [-0.25, -0.2) is 0 Å². The van der Waals surface area contributed by atoms with E-state index >= 15 is 0 Å². The fourth-order valence-corrected chi connectivity index (χ4v) is 3.18. The van der Waals surface area contributed by atoms with Crippen molar-refractivity contribution < 1.29 is 35.9 Å². The van der Waals surface area contributed by atoms with Crippen molar-refractivity contribution in [2.75, 3.05) is 13.7 Å². The van der Waals surface area contributed by atoms with Crippen LogP contribution < -0.4 is 11.1 Å². The molecule has 0 unspecified atom stereocenters. The third-order valence-corrected chi connectivity index (χ3v) is 5.11. The van der Waals surface area contributed by atoms with E-state index in [4.69, 9.17) is 22.1 Å². The maximum Gasteiger partial charge on any atom is 0.416 e. The molecule has 192 valence electrons. The number of likely N-dealkylation sites (N-methyl/N-ethyl adjacent to an activating group) is 1. The Bertz CT molecular complexity index is 1040. The molecule has 0 bridgehead atoms. The van der Waals surface area contributed by atoms with Gasteiger partial charge in [0.2, 0.25) is 5.88 Å². The number of nitrogens with two attached hydrogens (primary N) is 1. The second-order valence-electron chi connectivity index (χ2n) is 7.61. The molecule has 0 heterocycles. The summed E-state index contributed by atoms with van der Waals surface area (Å²) < 4.78 is 84.2. The summed E-state index contributed by atoms with van der Waals surface area (Å²) in [5.41, 5.74) is 2.99. The number of hydrogen-bond acceptors (Lipinski definition) is 4. The smallest absolute Gasteiger partial charge is 0.416 e. The highest BCUT2D eigenvalue weighted by Gasteiger charge is 2.36. The van der Waals surface area contributed by atoms with Crippen LogP contribution in [0, 0.1) is 0 Å². The number of hydrogen-bond donors (Lipinski definition) is 2. The van der Waals surface area contributed by atoms with Gasteiger partial charge in [-0.1, -0.05) is 36.7 Å². The van der Waals surface area contributed by atoms with Crippen LogP contribution in [0.15, 0.2) is 54.0 Å². The van der Waals surface area contributed by atoms with E-state index in [2.05, 4.69) is 5.32 Å². The number of alkyl halides is 6. The van der Waals surface area contributed by atoms with Crippen molar-refractivity contribution in [1.29, 1.82) is 0 Å². The lowest BCUT2D eigenvalue weighted by Gasteiger charge is -2.21. The molecule has 5 nitrogen and oxygen atoms in total. The summed E-state index contributed by atoms with van der Waals surface area (Å²) in [4.78, 5) is 14.1. The Morgan fingerprint density at radius 1 is 1.06 bits per heavy atom. The van der Waals surface area contributed by atoms with Crippen LogP contribution in [0.1, 0.15) is 35.6 Å². The van der Waals surface area contributed by atoms with Crippen molar-refractivity contribution in [3.8, 4) is 0 Å². The Kier molecular flexibility index (Phi) is 9.31. The van der Waals surface area contributed by atoms with Gasteiger partial charge in [-0.2, -0.15) is 26.3 Å². The lowest BCUT2D eigenvalue weighted by atomic mass is 10.0. The first-order valence-electron chi connectivity index (χ1n) is 10.4. The summed E-state index contributed by atoms with van der Waals surface area (Å²) in [7, 11) is 1.46. The van der Waals surface area contributed by atoms with Crippen molar-refractivity contribution >= 4 is 17.5 Å². The molecule has 0 aliphatic rings. The second kappa shape index (κ2) is 11.6. The van der Waals surface area contributed by atoms with E-state index in [-0.39, 0.29) is 30.7 Å². The highest BCUT2D eigenvalue weighted by atomic mass is 35.5. The summed E-state index contributed by atoms with van der Waals surface area (Å²) in [6, 6.07) is 8.03. The zero-order valence-corrected chi connectivity index (χ0v) is 19.6. The van der Waals surface area contributed by atoms with E-state index in [1.54, 1.807) is 31.2 Å². The zero-order chi connectivity index (χ0) is 26.4. The van der Waals surface area contributed by atoms with Gasteiger partial charge in [-0.05, 0) is 41.8 Å². The fourth-order valence-electron chi connectivity index (χ4n) is 2.99. The number of rotatable bonds is 9. The lowest BCUT2D eigenvalue weighted by molar-refractivity contribution is -0.143. The van der Waals surface area contributed by atoms with E-state index in [9.17, 15) is 31.1 Å². The van der Waals surface area contributed by atoms with Crippen LogP contribution in [0.2, 0.25) is 5.02 Å². The second-order valence-corrected chi connectivity index (χ2v) is 8.02. The van der Waals surface area contributed by atoms with Gasteiger partial charge in [0.25, 0.3) is 5.91 Å². The molecule has 2 aromatic carbocycles. The van der Waals surface area contributed by atoms with Gasteiger partial charge < -0.3 is 20.7 Å². The van der Waals surface area contributed by atoms with Gasteiger partial charge in [0.15, 0.2) is 5.70 Å². The largest absolute Gasteiger partial charge is 0.478 e. The maximum atomic E-state index is 13.1. The number of nitrogens with one attached hydrogen (secondary N) is 1. The Hall–Kier alpha value is -3.08.